The van der Waals surface area contributed by atoms with Gasteiger partial charge in [-0.25, -0.2) is 0 Å². The SMILES string of the molecule is Nc1ccc(Cl)cc1C(SCC(F)(F)F)c1ccccc1Cl. The van der Waals surface area contributed by atoms with Crippen LogP contribution in [0.15, 0.2) is 42.5 Å². The van der Waals surface area contributed by atoms with Crippen LogP contribution < -0.4 is 5.73 Å². The van der Waals surface area contributed by atoms with E-state index in [-0.39, 0.29) is 0 Å². The summed E-state index contributed by atoms with van der Waals surface area (Å²) < 4.78 is 37.9. The van der Waals surface area contributed by atoms with E-state index in [1.165, 1.54) is 0 Å². The highest BCUT2D eigenvalue weighted by atomic mass is 35.5. The highest BCUT2D eigenvalue weighted by molar-refractivity contribution is 7.99. The first kappa shape index (κ1) is 17.3. The van der Waals surface area contributed by atoms with Crippen molar-refractivity contribution in [2.75, 3.05) is 11.5 Å². The zero-order valence-electron chi connectivity index (χ0n) is 11.2. The van der Waals surface area contributed by atoms with Crippen molar-refractivity contribution in [1.29, 1.82) is 0 Å². The highest BCUT2D eigenvalue weighted by Gasteiger charge is 2.31. The molecule has 0 aromatic heterocycles. The molecule has 0 heterocycles. The number of benzene rings is 2. The van der Waals surface area contributed by atoms with Gasteiger partial charge in [-0.3, -0.25) is 0 Å². The van der Waals surface area contributed by atoms with Gasteiger partial charge in [-0.2, -0.15) is 13.2 Å². The predicted octanol–water partition coefficient (Wildman–Crippen LogP) is 5.96. The van der Waals surface area contributed by atoms with Crippen LogP contribution in [0.5, 0.6) is 0 Å². The van der Waals surface area contributed by atoms with E-state index in [0.717, 1.165) is 11.8 Å². The second kappa shape index (κ2) is 7.02. The van der Waals surface area contributed by atoms with Crippen LogP contribution in [0.2, 0.25) is 10.0 Å². The number of hydrogen-bond donors (Lipinski definition) is 1. The lowest BCUT2D eigenvalue weighted by atomic mass is 10.0. The zero-order valence-corrected chi connectivity index (χ0v) is 13.5. The molecule has 0 aliphatic rings. The van der Waals surface area contributed by atoms with Gasteiger partial charge in [0.15, 0.2) is 0 Å². The number of halogens is 5. The minimum Gasteiger partial charge on any atom is -0.398 e. The lowest BCUT2D eigenvalue weighted by Crippen LogP contribution is -2.13. The molecule has 0 radical (unpaired) electrons. The van der Waals surface area contributed by atoms with Crippen LogP contribution >= 0.6 is 35.0 Å². The molecule has 0 spiro atoms. The van der Waals surface area contributed by atoms with Gasteiger partial charge in [0.05, 0.1) is 11.0 Å². The Balaban J connectivity index is 2.46. The Morgan fingerprint density at radius 2 is 1.73 bits per heavy atom. The lowest BCUT2D eigenvalue weighted by Gasteiger charge is -2.21. The summed E-state index contributed by atoms with van der Waals surface area (Å²) in [4.78, 5) is 0. The molecule has 2 rings (SSSR count). The Kier molecular flexibility index (Phi) is 5.53. The van der Waals surface area contributed by atoms with E-state index in [2.05, 4.69) is 0 Å². The number of thioether (sulfide) groups is 1. The van der Waals surface area contributed by atoms with Gasteiger partial charge in [0.1, 0.15) is 0 Å². The number of hydrogen-bond acceptors (Lipinski definition) is 2. The largest absolute Gasteiger partial charge is 0.398 e. The summed E-state index contributed by atoms with van der Waals surface area (Å²) >= 11 is 12.8. The quantitative estimate of drug-likeness (QED) is 0.676. The smallest absolute Gasteiger partial charge is 0.397 e. The normalized spacial score (nSPS) is 13.1. The fourth-order valence-corrected chi connectivity index (χ4v) is 3.60. The van der Waals surface area contributed by atoms with Crippen LogP contribution in [0.4, 0.5) is 18.9 Å². The number of nitrogens with two attached hydrogens (primary N) is 1. The Morgan fingerprint density at radius 3 is 2.36 bits per heavy atom. The van der Waals surface area contributed by atoms with Crippen LogP contribution in [0, 0.1) is 0 Å². The molecule has 1 atom stereocenters. The second-order valence-electron chi connectivity index (χ2n) is 4.60. The molecule has 0 fully saturated rings. The van der Waals surface area contributed by atoms with Gasteiger partial charge in [0, 0.05) is 15.7 Å². The highest BCUT2D eigenvalue weighted by Crippen LogP contribution is 2.43. The second-order valence-corrected chi connectivity index (χ2v) is 6.54. The summed E-state index contributed by atoms with van der Waals surface area (Å²) in [5.74, 6) is -1.01. The van der Waals surface area contributed by atoms with E-state index in [0.29, 0.717) is 26.9 Å². The molecule has 0 aliphatic carbocycles. The molecule has 0 saturated heterocycles. The first-order valence-electron chi connectivity index (χ1n) is 6.25. The molecular weight excluding hydrogens is 354 g/mol. The van der Waals surface area contributed by atoms with Crippen molar-refractivity contribution in [3.05, 3.63) is 63.6 Å². The maximum atomic E-state index is 12.6. The van der Waals surface area contributed by atoms with Crippen molar-refractivity contribution >= 4 is 40.7 Å². The van der Waals surface area contributed by atoms with Gasteiger partial charge < -0.3 is 5.73 Å². The van der Waals surface area contributed by atoms with Crippen molar-refractivity contribution in [2.24, 2.45) is 0 Å². The molecule has 2 aromatic rings. The van der Waals surface area contributed by atoms with Crippen molar-refractivity contribution in [3.8, 4) is 0 Å². The lowest BCUT2D eigenvalue weighted by molar-refractivity contribution is -0.105. The van der Waals surface area contributed by atoms with Crippen LogP contribution in [0.3, 0.4) is 0 Å². The molecule has 1 nitrogen and oxygen atoms in total. The van der Waals surface area contributed by atoms with Gasteiger partial charge in [-0.1, -0.05) is 41.4 Å². The Hall–Kier alpha value is -1.04. The zero-order chi connectivity index (χ0) is 16.3. The summed E-state index contributed by atoms with van der Waals surface area (Å²) in [6.45, 7) is 0. The van der Waals surface area contributed by atoms with Gasteiger partial charge in [0.25, 0.3) is 0 Å². The molecule has 2 N–H and O–H groups in total. The molecule has 1 unspecified atom stereocenters. The predicted molar refractivity (Wildman–Crippen MR) is 87.7 cm³/mol. The molecule has 0 bridgehead atoms. The van der Waals surface area contributed by atoms with Crippen molar-refractivity contribution in [2.45, 2.75) is 11.4 Å². The van der Waals surface area contributed by atoms with Gasteiger partial charge in [0.2, 0.25) is 0 Å². The Morgan fingerprint density at radius 1 is 1.05 bits per heavy atom. The van der Waals surface area contributed by atoms with Crippen LogP contribution in [-0.2, 0) is 0 Å². The first-order chi connectivity index (χ1) is 10.3. The van der Waals surface area contributed by atoms with Crippen molar-refractivity contribution in [1.82, 2.24) is 0 Å². The number of alkyl halides is 3. The van der Waals surface area contributed by atoms with E-state index in [4.69, 9.17) is 28.9 Å². The standard InChI is InChI=1S/C15H12Cl2F3NS/c16-9-5-6-13(21)11(7-9)14(22-8-15(18,19)20)10-3-1-2-4-12(10)17/h1-7,14H,8,21H2. The van der Waals surface area contributed by atoms with Crippen molar-refractivity contribution < 1.29 is 13.2 Å². The molecule has 22 heavy (non-hydrogen) atoms. The number of anilines is 1. The van der Waals surface area contributed by atoms with Gasteiger partial charge >= 0.3 is 6.18 Å². The summed E-state index contributed by atoms with van der Waals surface area (Å²) in [6.07, 6.45) is -4.28. The van der Waals surface area contributed by atoms with E-state index in [1.807, 2.05) is 0 Å². The summed E-state index contributed by atoms with van der Waals surface area (Å²) in [5, 5.41) is 0.157. The van der Waals surface area contributed by atoms with Crippen LogP contribution in [0.1, 0.15) is 16.4 Å². The minimum absolute atomic E-state index is 0.379. The summed E-state index contributed by atoms with van der Waals surface area (Å²) in [6, 6.07) is 11.5. The molecule has 0 amide bonds. The topological polar surface area (TPSA) is 26.0 Å². The average molecular weight is 366 g/mol. The Labute approximate surface area is 140 Å². The fraction of sp³-hybridized carbons (Fsp3) is 0.200. The third-order valence-electron chi connectivity index (χ3n) is 2.93. The van der Waals surface area contributed by atoms with E-state index in [1.54, 1.807) is 42.5 Å². The molecule has 0 saturated carbocycles. The van der Waals surface area contributed by atoms with Crippen LogP contribution in [-0.4, -0.2) is 11.9 Å². The van der Waals surface area contributed by atoms with Crippen LogP contribution in [0.25, 0.3) is 0 Å². The maximum absolute atomic E-state index is 12.6. The molecule has 7 heteroatoms. The summed E-state index contributed by atoms with van der Waals surface area (Å²) in [7, 11) is 0. The maximum Gasteiger partial charge on any atom is 0.397 e. The molecule has 2 aromatic carbocycles. The summed E-state index contributed by atoms with van der Waals surface area (Å²) in [5.41, 5.74) is 7.40. The average Bonchev–Trinajstić information content (AvgIpc) is 2.43. The van der Waals surface area contributed by atoms with E-state index < -0.39 is 17.2 Å². The van der Waals surface area contributed by atoms with Gasteiger partial charge in [-0.15, -0.1) is 11.8 Å². The monoisotopic (exact) mass is 365 g/mol. The van der Waals surface area contributed by atoms with E-state index in [9.17, 15) is 13.2 Å². The number of rotatable bonds is 4. The molecule has 118 valence electrons. The first-order valence-corrected chi connectivity index (χ1v) is 8.06. The Bertz CT molecular complexity index is 661. The molecular formula is C15H12Cl2F3NS. The van der Waals surface area contributed by atoms with Gasteiger partial charge in [-0.05, 0) is 35.4 Å². The fourth-order valence-electron chi connectivity index (χ4n) is 1.99. The van der Waals surface area contributed by atoms with Crippen molar-refractivity contribution in [3.63, 3.8) is 0 Å². The number of nitrogen functional groups attached to an aromatic ring is 1. The van der Waals surface area contributed by atoms with E-state index >= 15 is 0 Å². The third-order valence-corrected chi connectivity index (χ3v) is 4.85. The minimum atomic E-state index is -4.28. The molecule has 0 aliphatic heterocycles. The third kappa shape index (κ3) is 4.48.